The highest BCUT2D eigenvalue weighted by Crippen LogP contribution is 2.15. The molecule has 5 heteroatoms. The van der Waals surface area contributed by atoms with Gasteiger partial charge in [-0.25, -0.2) is 9.59 Å². The number of hydrogen-bond acceptors (Lipinski definition) is 5. The zero-order chi connectivity index (χ0) is 18.3. The topological polar surface area (TPSA) is 61.8 Å². The first kappa shape index (κ1) is 18.4. The van der Waals surface area contributed by atoms with Crippen LogP contribution in [0.15, 0.2) is 54.6 Å². The van der Waals surface area contributed by atoms with E-state index >= 15 is 0 Å². The van der Waals surface area contributed by atoms with Gasteiger partial charge in [-0.3, -0.25) is 4.89 Å². The Kier molecular flexibility index (Phi) is 6.08. The summed E-state index contributed by atoms with van der Waals surface area (Å²) in [6, 6.07) is 16.6. The second kappa shape index (κ2) is 8.26. The van der Waals surface area contributed by atoms with Gasteiger partial charge < -0.3 is 4.74 Å². The minimum absolute atomic E-state index is 0.245. The SMILES string of the molecule is CC(C)(C)OOC(=O)C(=O)Oc1ccc(/C=C/c2ccccc2)cc1. The van der Waals surface area contributed by atoms with E-state index in [1.165, 1.54) is 0 Å². The molecule has 0 aliphatic rings. The summed E-state index contributed by atoms with van der Waals surface area (Å²) in [4.78, 5) is 32.3. The van der Waals surface area contributed by atoms with Gasteiger partial charge in [0.15, 0.2) is 0 Å². The van der Waals surface area contributed by atoms with Crippen molar-refractivity contribution < 1.29 is 24.1 Å². The molecule has 2 aromatic carbocycles. The molecule has 0 bridgehead atoms. The molecule has 0 heterocycles. The minimum Gasteiger partial charge on any atom is -0.418 e. The molecule has 0 radical (unpaired) electrons. The first-order valence-electron chi connectivity index (χ1n) is 7.78. The van der Waals surface area contributed by atoms with Crippen molar-refractivity contribution in [2.75, 3.05) is 0 Å². The first-order valence-corrected chi connectivity index (χ1v) is 7.78. The van der Waals surface area contributed by atoms with E-state index in [0.717, 1.165) is 11.1 Å². The van der Waals surface area contributed by atoms with Gasteiger partial charge in [-0.15, -0.1) is 0 Å². The van der Waals surface area contributed by atoms with Gasteiger partial charge in [0.1, 0.15) is 11.4 Å². The molecule has 130 valence electrons. The van der Waals surface area contributed by atoms with Crippen LogP contribution in [0.2, 0.25) is 0 Å². The lowest BCUT2D eigenvalue weighted by atomic mass is 10.1. The van der Waals surface area contributed by atoms with E-state index in [9.17, 15) is 9.59 Å². The average Bonchev–Trinajstić information content (AvgIpc) is 2.59. The van der Waals surface area contributed by atoms with Crippen molar-refractivity contribution in [2.45, 2.75) is 26.4 Å². The van der Waals surface area contributed by atoms with Gasteiger partial charge in [-0.2, -0.15) is 4.89 Å². The predicted octanol–water partition coefficient (Wildman–Crippen LogP) is 4.04. The predicted molar refractivity (Wildman–Crippen MR) is 94.4 cm³/mol. The van der Waals surface area contributed by atoms with Crippen LogP contribution in [-0.4, -0.2) is 17.5 Å². The second-order valence-corrected chi connectivity index (χ2v) is 6.27. The van der Waals surface area contributed by atoms with Gasteiger partial charge in [-0.05, 0) is 44.0 Å². The Morgan fingerprint density at radius 2 is 1.36 bits per heavy atom. The van der Waals surface area contributed by atoms with Crippen LogP contribution in [0.1, 0.15) is 31.9 Å². The normalized spacial score (nSPS) is 11.3. The quantitative estimate of drug-likeness (QED) is 0.210. The van der Waals surface area contributed by atoms with Gasteiger partial charge in [0.05, 0.1) is 0 Å². The highest BCUT2D eigenvalue weighted by Gasteiger charge is 2.23. The molecule has 25 heavy (non-hydrogen) atoms. The van der Waals surface area contributed by atoms with Crippen molar-refractivity contribution in [3.8, 4) is 5.75 Å². The van der Waals surface area contributed by atoms with E-state index in [4.69, 9.17) is 9.62 Å². The summed E-state index contributed by atoms with van der Waals surface area (Å²) in [5, 5.41) is 0. The number of carbonyl (C=O) groups is 2. The Morgan fingerprint density at radius 1 is 0.800 bits per heavy atom. The summed E-state index contributed by atoms with van der Waals surface area (Å²) in [5.41, 5.74) is 1.31. The summed E-state index contributed by atoms with van der Waals surface area (Å²) >= 11 is 0. The van der Waals surface area contributed by atoms with Gasteiger partial charge in [0.25, 0.3) is 0 Å². The molecular weight excluding hydrogens is 320 g/mol. The third-order valence-corrected chi connectivity index (χ3v) is 2.89. The molecule has 0 atom stereocenters. The molecule has 2 rings (SSSR count). The van der Waals surface area contributed by atoms with E-state index in [2.05, 4.69) is 4.89 Å². The lowest BCUT2D eigenvalue weighted by Gasteiger charge is -2.15. The fraction of sp³-hybridized carbons (Fsp3) is 0.200. The molecule has 0 N–H and O–H groups in total. The molecular formula is C20H20O5. The molecule has 0 unspecified atom stereocenters. The van der Waals surface area contributed by atoms with E-state index in [0.29, 0.717) is 0 Å². The molecule has 0 aliphatic carbocycles. The maximum Gasteiger partial charge on any atom is 0.450 e. The molecule has 0 fully saturated rings. The zero-order valence-corrected chi connectivity index (χ0v) is 14.4. The Balaban J connectivity index is 1.90. The van der Waals surface area contributed by atoms with Gasteiger partial charge in [0, 0.05) is 0 Å². The Morgan fingerprint density at radius 3 is 1.92 bits per heavy atom. The molecule has 0 saturated heterocycles. The van der Waals surface area contributed by atoms with Crippen molar-refractivity contribution >= 4 is 24.1 Å². The van der Waals surface area contributed by atoms with Crippen molar-refractivity contribution in [3.05, 3.63) is 65.7 Å². The van der Waals surface area contributed by atoms with E-state index in [-0.39, 0.29) is 5.75 Å². The van der Waals surface area contributed by atoms with Gasteiger partial charge in [-0.1, -0.05) is 54.6 Å². The van der Waals surface area contributed by atoms with Crippen molar-refractivity contribution in [1.82, 2.24) is 0 Å². The number of benzene rings is 2. The highest BCUT2D eigenvalue weighted by molar-refractivity contribution is 6.30. The minimum atomic E-state index is -1.21. The lowest BCUT2D eigenvalue weighted by molar-refractivity contribution is -0.318. The highest BCUT2D eigenvalue weighted by atomic mass is 17.2. The van der Waals surface area contributed by atoms with Crippen molar-refractivity contribution in [2.24, 2.45) is 0 Å². The molecule has 0 amide bonds. The number of rotatable bonds is 4. The summed E-state index contributed by atoms with van der Waals surface area (Å²) in [6.45, 7) is 5.06. The summed E-state index contributed by atoms with van der Waals surface area (Å²) < 4.78 is 4.94. The average molecular weight is 340 g/mol. The Bertz CT molecular complexity index is 740. The molecule has 0 spiro atoms. The molecule has 0 saturated carbocycles. The number of hydrogen-bond donors (Lipinski definition) is 0. The van der Waals surface area contributed by atoms with E-state index in [1.807, 2.05) is 42.5 Å². The molecule has 0 aromatic heterocycles. The van der Waals surface area contributed by atoms with Crippen LogP contribution in [0.25, 0.3) is 12.2 Å². The van der Waals surface area contributed by atoms with Crippen LogP contribution in [0.5, 0.6) is 5.75 Å². The lowest BCUT2D eigenvalue weighted by Crippen LogP contribution is -2.28. The van der Waals surface area contributed by atoms with Crippen LogP contribution in [-0.2, 0) is 19.4 Å². The van der Waals surface area contributed by atoms with Crippen molar-refractivity contribution in [3.63, 3.8) is 0 Å². The van der Waals surface area contributed by atoms with Crippen LogP contribution < -0.4 is 4.74 Å². The largest absolute Gasteiger partial charge is 0.450 e. The summed E-state index contributed by atoms with van der Waals surface area (Å²) in [6.07, 6.45) is 3.91. The fourth-order valence-electron chi connectivity index (χ4n) is 1.75. The Labute approximate surface area is 146 Å². The van der Waals surface area contributed by atoms with Gasteiger partial charge >= 0.3 is 11.9 Å². The van der Waals surface area contributed by atoms with E-state index < -0.39 is 17.5 Å². The molecule has 0 aliphatic heterocycles. The first-order chi connectivity index (χ1) is 11.8. The van der Waals surface area contributed by atoms with Crippen LogP contribution in [0.3, 0.4) is 0 Å². The van der Waals surface area contributed by atoms with Gasteiger partial charge in [0.2, 0.25) is 0 Å². The maximum absolute atomic E-state index is 11.6. The molecule has 5 nitrogen and oxygen atoms in total. The Hall–Kier alpha value is -2.92. The number of esters is 1. The third kappa shape index (κ3) is 6.61. The van der Waals surface area contributed by atoms with Crippen molar-refractivity contribution in [1.29, 1.82) is 0 Å². The number of ether oxygens (including phenoxy) is 1. The maximum atomic E-state index is 11.6. The van der Waals surface area contributed by atoms with Crippen LogP contribution in [0.4, 0.5) is 0 Å². The molecule has 2 aromatic rings. The smallest absolute Gasteiger partial charge is 0.418 e. The monoisotopic (exact) mass is 340 g/mol. The third-order valence-electron chi connectivity index (χ3n) is 2.89. The van der Waals surface area contributed by atoms with Crippen LogP contribution in [0, 0.1) is 0 Å². The summed E-state index contributed by atoms with van der Waals surface area (Å²) in [5.74, 6) is -2.10. The second-order valence-electron chi connectivity index (χ2n) is 6.27. The fourth-order valence-corrected chi connectivity index (χ4v) is 1.75. The van der Waals surface area contributed by atoms with Crippen LogP contribution >= 0.6 is 0 Å². The van der Waals surface area contributed by atoms with E-state index in [1.54, 1.807) is 45.0 Å². The zero-order valence-electron chi connectivity index (χ0n) is 14.4. The number of carbonyl (C=O) groups excluding carboxylic acids is 2. The standard InChI is InChI=1S/C20H20O5/c1-20(2,3)25-24-19(22)18(21)23-17-13-11-16(12-14-17)10-9-15-7-5-4-6-8-15/h4-14H,1-3H3/b10-9+. The summed E-state index contributed by atoms with van der Waals surface area (Å²) in [7, 11) is 0.